The number of alkyl halides is 3. The maximum Gasteiger partial charge on any atom is 0.416 e. The van der Waals surface area contributed by atoms with Crippen molar-refractivity contribution in [3.8, 4) is 5.75 Å². The van der Waals surface area contributed by atoms with E-state index in [2.05, 4.69) is 5.32 Å². The van der Waals surface area contributed by atoms with Crippen LogP contribution >= 0.6 is 11.6 Å². The highest BCUT2D eigenvalue weighted by Crippen LogP contribution is 2.33. The second-order valence-corrected chi connectivity index (χ2v) is 4.80. The number of nitrogens with one attached hydrogen (secondary N) is 1. The summed E-state index contributed by atoms with van der Waals surface area (Å²) in [5.41, 5.74) is -0.225. The van der Waals surface area contributed by atoms with E-state index in [0.717, 1.165) is 18.2 Å². The van der Waals surface area contributed by atoms with Crippen LogP contribution in [0.25, 0.3) is 0 Å². The van der Waals surface area contributed by atoms with Crippen LogP contribution in [0.1, 0.15) is 11.1 Å². The van der Waals surface area contributed by atoms with E-state index in [1.54, 1.807) is 0 Å². The number of phenols is 1. The van der Waals surface area contributed by atoms with Crippen molar-refractivity contribution in [1.82, 2.24) is 0 Å². The third-order valence-corrected chi connectivity index (χ3v) is 2.95. The first kappa shape index (κ1) is 15.4. The molecule has 2 N–H and O–H groups in total. The second-order valence-electron chi connectivity index (χ2n) is 4.37. The highest BCUT2D eigenvalue weighted by atomic mass is 35.5. The van der Waals surface area contributed by atoms with Gasteiger partial charge >= 0.3 is 6.18 Å². The summed E-state index contributed by atoms with van der Waals surface area (Å²) in [6.07, 6.45) is -4.49. The van der Waals surface area contributed by atoms with Gasteiger partial charge in [-0.2, -0.15) is 13.2 Å². The van der Waals surface area contributed by atoms with Crippen LogP contribution in [0.15, 0.2) is 36.4 Å². The third-order valence-electron chi connectivity index (χ3n) is 2.73. The van der Waals surface area contributed by atoms with E-state index in [-0.39, 0.29) is 17.3 Å². The Morgan fingerprint density at radius 1 is 1.10 bits per heavy atom. The molecule has 21 heavy (non-hydrogen) atoms. The minimum absolute atomic E-state index is 0.0517. The third kappa shape index (κ3) is 4.01. The van der Waals surface area contributed by atoms with Gasteiger partial charge in [0.2, 0.25) is 0 Å². The Labute approximate surface area is 123 Å². The lowest BCUT2D eigenvalue weighted by Crippen LogP contribution is -2.07. The van der Waals surface area contributed by atoms with Crippen LogP contribution in [0.3, 0.4) is 0 Å². The number of phenolic OH excluding ortho intramolecular Hbond substituents is 1. The first-order valence-electron chi connectivity index (χ1n) is 5.85. The number of rotatable bonds is 3. The van der Waals surface area contributed by atoms with E-state index >= 15 is 0 Å². The molecule has 112 valence electrons. The van der Waals surface area contributed by atoms with Crippen LogP contribution in [0.2, 0.25) is 5.02 Å². The van der Waals surface area contributed by atoms with Crippen molar-refractivity contribution in [3.05, 3.63) is 58.4 Å². The Bertz CT molecular complexity index is 658. The molecule has 0 heterocycles. The van der Waals surface area contributed by atoms with Crippen LogP contribution < -0.4 is 5.32 Å². The zero-order valence-electron chi connectivity index (χ0n) is 10.5. The average Bonchev–Trinajstić information content (AvgIpc) is 2.38. The lowest BCUT2D eigenvalue weighted by atomic mass is 10.1. The van der Waals surface area contributed by atoms with E-state index in [0.29, 0.717) is 5.56 Å². The number of anilines is 1. The molecule has 2 aromatic carbocycles. The number of aromatic hydroxyl groups is 1. The normalized spacial score (nSPS) is 11.5. The predicted molar refractivity (Wildman–Crippen MR) is 71.8 cm³/mol. The summed E-state index contributed by atoms with van der Waals surface area (Å²) in [7, 11) is 0. The molecule has 0 saturated carbocycles. The van der Waals surface area contributed by atoms with Gasteiger partial charge in [0.15, 0.2) is 11.6 Å². The molecule has 0 aliphatic carbocycles. The number of benzene rings is 2. The fraction of sp³-hybridized carbons (Fsp3) is 0.143. The van der Waals surface area contributed by atoms with Gasteiger partial charge in [0, 0.05) is 17.3 Å². The van der Waals surface area contributed by atoms with Gasteiger partial charge in [0.05, 0.1) is 5.56 Å². The molecule has 0 radical (unpaired) electrons. The van der Waals surface area contributed by atoms with Gasteiger partial charge in [-0.05, 0) is 35.9 Å². The Balaban J connectivity index is 2.16. The first-order valence-corrected chi connectivity index (χ1v) is 6.22. The van der Waals surface area contributed by atoms with Crippen LogP contribution in [0, 0.1) is 5.82 Å². The standard InChI is InChI=1S/C14H10ClF4NO/c15-10-4-9(14(17,18)19)5-11(6-10)20-7-8-1-2-13(21)12(16)3-8/h1-6,20-21H,7H2. The van der Waals surface area contributed by atoms with Crippen molar-refractivity contribution >= 4 is 17.3 Å². The molecule has 0 unspecified atom stereocenters. The fourth-order valence-corrected chi connectivity index (χ4v) is 1.95. The van der Waals surface area contributed by atoms with Crippen LogP contribution in [-0.2, 0) is 12.7 Å². The highest BCUT2D eigenvalue weighted by Gasteiger charge is 2.31. The van der Waals surface area contributed by atoms with Crippen molar-refractivity contribution in [2.24, 2.45) is 0 Å². The predicted octanol–water partition coefficient (Wildman–Crippen LogP) is 4.82. The van der Waals surface area contributed by atoms with Gasteiger partial charge in [0.25, 0.3) is 0 Å². The van der Waals surface area contributed by atoms with Gasteiger partial charge in [-0.15, -0.1) is 0 Å². The van der Waals surface area contributed by atoms with Crippen LogP contribution in [-0.4, -0.2) is 5.11 Å². The zero-order chi connectivity index (χ0) is 15.6. The van der Waals surface area contributed by atoms with Gasteiger partial charge in [-0.25, -0.2) is 4.39 Å². The molecule has 2 nitrogen and oxygen atoms in total. The number of halogens is 5. The van der Waals surface area contributed by atoms with E-state index in [1.807, 2.05) is 0 Å². The molecule has 0 aromatic heterocycles. The maximum absolute atomic E-state index is 13.1. The summed E-state index contributed by atoms with van der Waals surface area (Å²) in [5, 5.41) is 11.7. The van der Waals surface area contributed by atoms with E-state index < -0.39 is 23.3 Å². The Morgan fingerprint density at radius 3 is 2.43 bits per heavy atom. The van der Waals surface area contributed by atoms with Gasteiger partial charge < -0.3 is 10.4 Å². The van der Waals surface area contributed by atoms with Gasteiger partial charge in [-0.3, -0.25) is 0 Å². The zero-order valence-corrected chi connectivity index (χ0v) is 11.3. The fourth-order valence-electron chi connectivity index (χ4n) is 1.72. The molecule has 2 rings (SSSR count). The second kappa shape index (κ2) is 5.81. The van der Waals surface area contributed by atoms with Gasteiger partial charge in [-0.1, -0.05) is 17.7 Å². The first-order chi connectivity index (χ1) is 9.75. The maximum atomic E-state index is 13.1. The number of hydrogen-bond donors (Lipinski definition) is 2. The van der Waals surface area contributed by atoms with Crippen LogP contribution in [0.5, 0.6) is 5.75 Å². The monoisotopic (exact) mass is 319 g/mol. The van der Waals surface area contributed by atoms with E-state index in [1.165, 1.54) is 18.2 Å². The molecule has 7 heteroatoms. The molecule has 0 fully saturated rings. The summed E-state index contributed by atoms with van der Waals surface area (Å²) in [6.45, 7) is 0.0921. The summed E-state index contributed by atoms with van der Waals surface area (Å²) < 4.78 is 51.1. The summed E-state index contributed by atoms with van der Waals surface area (Å²) in [5.74, 6) is -1.28. The smallest absolute Gasteiger partial charge is 0.416 e. The Kier molecular flexibility index (Phi) is 4.27. The minimum atomic E-state index is -4.49. The molecule has 0 spiro atoms. The number of hydrogen-bond acceptors (Lipinski definition) is 2. The lowest BCUT2D eigenvalue weighted by Gasteiger charge is -2.12. The SMILES string of the molecule is Oc1ccc(CNc2cc(Cl)cc(C(F)(F)F)c2)cc1F. The van der Waals surface area contributed by atoms with Gasteiger partial charge in [0.1, 0.15) is 0 Å². The van der Waals surface area contributed by atoms with Crippen molar-refractivity contribution < 1.29 is 22.7 Å². The topological polar surface area (TPSA) is 32.3 Å². The molecule has 0 amide bonds. The van der Waals surface area contributed by atoms with Crippen molar-refractivity contribution in [2.45, 2.75) is 12.7 Å². The summed E-state index contributed by atoms with van der Waals surface area (Å²) >= 11 is 5.65. The molecule has 2 aromatic rings. The molecule has 0 aliphatic heterocycles. The minimum Gasteiger partial charge on any atom is -0.505 e. The van der Waals surface area contributed by atoms with E-state index in [9.17, 15) is 17.6 Å². The molecule has 0 bridgehead atoms. The summed E-state index contributed by atoms with van der Waals surface area (Å²) in [6, 6.07) is 6.81. The molecule has 0 aliphatic rings. The largest absolute Gasteiger partial charge is 0.505 e. The quantitative estimate of drug-likeness (QED) is 0.795. The lowest BCUT2D eigenvalue weighted by molar-refractivity contribution is -0.137. The van der Waals surface area contributed by atoms with Crippen LogP contribution in [0.4, 0.5) is 23.2 Å². The average molecular weight is 320 g/mol. The van der Waals surface area contributed by atoms with Crippen molar-refractivity contribution in [2.75, 3.05) is 5.32 Å². The highest BCUT2D eigenvalue weighted by molar-refractivity contribution is 6.30. The summed E-state index contributed by atoms with van der Waals surface area (Å²) in [4.78, 5) is 0. The Hall–Kier alpha value is -1.95. The molecule has 0 saturated heterocycles. The van der Waals surface area contributed by atoms with Crippen molar-refractivity contribution in [1.29, 1.82) is 0 Å². The molecular weight excluding hydrogens is 310 g/mol. The van der Waals surface area contributed by atoms with Crippen molar-refractivity contribution in [3.63, 3.8) is 0 Å². The molecular formula is C14H10ClF4NO. The van der Waals surface area contributed by atoms with E-state index in [4.69, 9.17) is 16.7 Å². The Morgan fingerprint density at radius 2 is 1.81 bits per heavy atom. The molecule has 0 atom stereocenters.